The van der Waals surface area contributed by atoms with E-state index in [1.807, 2.05) is 52.8 Å². The second-order valence-corrected chi connectivity index (χ2v) is 7.95. The molecule has 0 aromatic carbocycles. The van der Waals surface area contributed by atoms with E-state index in [1.54, 1.807) is 13.1 Å². The SMILES string of the molecule is CC(=O)SCC(=Cc1ncccc1C)B1OC(C)(C)C(C)(C)O1. The number of carbonyl (C=O) groups excluding carboxylic acids is 1. The van der Waals surface area contributed by atoms with Crippen molar-refractivity contribution in [2.24, 2.45) is 0 Å². The minimum absolute atomic E-state index is 0.0742. The van der Waals surface area contributed by atoms with Crippen LogP contribution in [0.25, 0.3) is 6.08 Å². The van der Waals surface area contributed by atoms with Gasteiger partial charge in [0.05, 0.1) is 16.9 Å². The van der Waals surface area contributed by atoms with Gasteiger partial charge in [0.2, 0.25) is 0 Å². The van der Waals surface area contributed by atoms with Crippen LogP contribution in [0.1, 0.15) is 45.9 Å². The highest BCUT2D eigenvalue weighted by Gasteiger charge is 2.52. The number of hydrogen-bond acceptors (Lipinski definition) is 5. The van der Waals surface area contributed by atoms with Crippen LogP contribution in [0.15, 0.2) is 23.8 Å². The number of nitrogens with zero attached hydrogens (tertiary/aromatic N) is 1. The zero-order valence-electron chi connectivity index (χ0n) is 14.7. The van der Waals surface area contributed by atoms with Gasteiger partial charge >= 0.3 is 7.12 Å². The van der Waals surface area contributed by atoms with E-state index in [0.29, 0.717) is 5.75 Å². The van der Waals surface area contributed by atoms with E-state index in [0.717, 1.165) is 16.7 Å². The van der Waals surface area contributed by atoms with Gasteiger partial charge in [-0.2, -0.15) is 0 Å². The number of aromatic nitrogens is 1. The summed E-state index contributed by atoms with van der Waals surface area (Å²) < 4.78 is 12.3. The lowest BCUT2D eigenvalue weighted by Crippen LogP contribution is -2.41. The molecule has 0 amide bonds. The maximum absolute atomic E-state index is 11.4. The van der Waals surface area contributed by atoms with Crippen LogP contribution in [0.2, 0.25) is 0 Å². The van der Waals surface area contributed by atoms with Crippen molar-refractivity contribution in [2.45, 2.75) is 52.7 Å². The summed E-state index contributed by atoms with van der Waals surface area (Å²) in [6.07, 6.45) is 3.74. The summed E-state index contributed by atoms with van der Waals surface area (Å²) in [6.45, 7) is 11.7. The normalized spacial score (nSPS) is 19.9. The van der Waals surface area contributed by atoms with Crippen molar-refractivity contribution in [1.29, 1.82) is 0 Å². The quantitative estimate of drug-likeness (QED) is 0.787. The van der Waals surface area contributed by atoms with E-state index in [2.05, 4.69) is 4.98 Å². The third-order valence-electron chi connectivity index (χ3n) is 4.37. The molecule has 0 aliphatic carbocycles. The van der Waals surface area contributed by atoms with Crippen LogP contribution in [0, 0.1) is 6.92 Å². The monoisotopic (exact) mass is 333 g/mol. The number of carbonyl (C=O) groups is 1. The van der Waals surface area contributed by atoms with Gasteiger partial charge in [-0.15, -0.1) is 0 Å². The Kier molecular flexibility index (Phi) is 5.39. The zero-order valence-corrected chi connectivity index (χ0v) is 15.5. The van der Waals surface area contributed by atoms with E-state index in [9.17, 15) is 4.79 Å². The van der Waals surface area contributed by atoms with Crippen molar-refractivity contribution < 1.29 is 14.1 Å². The summed E-state index contributed by atoms with van der Waals surface area (Å²) in [5.74, 6) is 0.530. The first-order valence-corrected chi connectivity index (χ1v) is 8.72. The highest BCUT2D eigenvalue weighted by atomic mass is 32.2. The standard InChI is InChI=1S/C17H24BNO3S/c1-12-8-7-9-19-15(12)10-14(11-23-13(2)20)18-21-16(3,4)17(5,6)22-18/h7-10H,11H2,1-6H3. The largest absolute Gasteiger partial charge is 0.491 e. The van der Waals surface area contributed by atoms with Gasteiger partial charge in [-0.3, -0.25) is 9.78 Å². The molecular formula is C17H24BNO3S. The molecule has 1 aromatic rings. The molecular weight excluding hydrogens is 309 g/mol. The Morgan fingerprint density at radius 3 is 2.43 bits per heavy atom. The summed E-state index contributed by atoms with van der Waals surface area (Å²) >= 11 is 1.26. The van der Waals surface area contributed by atoms with Crippen LogP contribution in [-0.2, 0) is 14.1 Å². The molecule has 0 radical (unpaired) electrons. The van der Waals surface area contributed by atoms with Gasteiger partial charge in [0.25, 0.3) is 0 Å². The summed E-state index contributed by atoms with van der Waals surface area (Å²) in [5.41, 5.74) is 2.06. The van der Waals surface area contributed by atoms with Crippen molar-refractivity contribution in [1.82, 2.24) is 4.98 Å². The molecule has 1 aromatic heterocycles. The molecule has 4 nitrogen and oxygen atoms in total. The lowest BCUT2D eigenvalue weighted by molar-refractivity contribution is -0.109. The van der Waals surface area contributed by atoms with Gasteiger partial charge < -0.3 is 9.31 Å². The molecule has 124 valence electrons. The van der Waals surface area contributed by atoms with E-state index >= 15 is 0 Å². The zero-order chi connectivity index (χ0) is 17.3. The van der Waals surface area contributed by atoms with Crippen LogP contribution >= 0.6 is 11.8 Å². The van der Waals surface area contributed by atoms with Crippen molar-refractivity contribution >= 4 is 30.1 Å². The minimum Gasteiger partial charge on any atom is -0.400 e. The maximum atomic E-state index is 11.4. The average Bonchev–Trinajstić information content (AvgIpc) is 2.65. The van der Waals surface area contributed by atoms with Crippen molar-refractivity contribution in [3.05, 3.63) is 35.1 Å². The Labute approximate surface area is 143 Å². The maximum Gasteiger partial charge on any atom is 0.491 e. The first-order chi connectivity index (χ1) is 10.6. The third-order valence-corrected chi connectivity index (χ3v) is 5.25. The highest BCUT2D eigenvalue weighted by molar-refractivity contribution is 8.13. The van der Waals surface area contributed by atoms with E-state index in [4.69, 9.17) is 9.31 Å². The van der Waals surface area contributed by atoms with Crippen molar-refractivity contribution in [3.63, 3.8) is 0 Å². The molecule has 1 saturated heterocycles. The Morgan fingerprint density at radius 2 is 1.91 bits per heavy atom. The van der Waals surface area contributed by atoms with Gasteiger partial charge in [-0.25, -0.2) is 0 Å². The van der Waals surface area contributed by atoms with E-state index < -0.39 is 18.3 Å². The minimum atomic E-state index is -0.465. The van der Waals surface area contributed by atoms with E-state index in [1.165, 1.54) is 11.8 Å². The molecule has 23 heavy (non-hydrogen) atoms. The molecule has 0 atom stereocenters. The predicted octanol–water partition coefficient (Wildman–Crippen LogP) is 3.68. The van der Waals surface area contributed by atoms with E-state index in [-0.39, 0.29) is 5.12 Å². The molecule has 0 bridgehead atoms. The fourth-order valence-corrected chi connectivity index (χ4v) is 2.77. The molecule has 0 saturated carbocycles. The third kappa shape index (κ3) is 4.25. The summed E-state index contributed by atoms with van der Waals surface area (Å²) in [5, 5.41) is 0.0742. The highest BCUT2D eigenvalue weighted by Crippen LogP contribution is 2.39. The number of thioether (sulfide) groups is 1. The summed E-state index contributed by atoms with van der Waals surface area (Å²) in [7, 11) is -0.465. The molecule has 6 heteroatoms. The van der Waals surface area contributed by atoms with Gasteiger partial charge in [0.15, 0.2) is 5.12 Å². The second-order valence-electron chi connectivity index (χ2n) is 6.79. The fraction of sp³-hybridized carbons (Fsp3) is 0.529. The molecule has 0 unspecified atom stereocenters. The topological polar surface area (TPSA) is 48.4 Å². The predicted molar refractivity (Wildman–Crippen MR) is 96.2 cm³/mol. The summed E-state index contributed by atoms with van der Waals surface area (Å²) in [6, 6.07) is 3.92. The van der Waals surface area contributed by atoms with Gasteiger partial charge in [0.1, 0.15) is 0 Å². The molecule has 2 rings (SSSR count). The lowest BCUT2D eigenvalue weighted by Gasteiger charge is -2.32. The van der Waals surface area contributed by atoms with Gasteiger partial charge in [0, 0.05) is 18.9 Å². The fourth-order valence-electron chi connectivity index (χ4n) is 2.18. The molecule has 0 N–H and O–H groups in total. The molecule has 1 aliphatic rings. The molecule has 1 aliphatic heterocycles. The van der Waals surface area contributed by atoms with Gasteiger partial charge in [-0.05, 0) is 57.8 Å². The van der Waals surface area contributed by atoms with Crippen LogP contribution in [0.5, 0.6) is 0 Å². The molecule has 2 heterocycles. The number of aryl methyl sites for hydroxylation is 1. The van der Waals surface area contributed by atoms with Crippen molar-refractivity contribution in [2.75, 3.05) is 5.75 Å². The van der Waals surface area contributed by atoms with Crippen LogP contribution < -0.4 is 0 Å². The second kappa shape index (κ2) is 6.79. The first-order valence-electron chi connectivity index (χ1n) is 7.73. The smallest absolute Gasteiger partial charge is 0.400 e. The summed E-state index contributed by atoms with van der Waals surface area (Å²) in [4.78, 5) is 15.8. The molecule has 1 fully saturated rings. The van der Waals surface area contributed by atoms with Crippen LogP contribution in [0.4, 0.5) is 0 Å². The Hall–Kier alpha value is -1.11. The van der Waals surface area contributed by atoms with Crippen molar-refractivity contribution in [3.8, 4) is 0 Å². The number of pyridine rings is 1. The Balaban J connectivity index is 2.32. The first kappa shape index (κ1) is 18.2. The lowest BCUT2D eigenvalue weighted by atomic mass is 9.78. The van der Waals surface area contributed by atoms with Gasteiger partial charge in [-0.1, -0.05) is 17.8 Å². The number of hydrogen-bond donors (Lipinski definition) is 0. The average molecular weight is 333 g/mol. The van der Waals surface area contributed by atoms with Crippen LogP contribution in [0.3, 0.4) is 0 Å². The Morgan fingerprint density at radius 1 is 1.30 bits per heavy atom. The molecule has 0 spiro atoms. The Bertz CT molecular complexity index is 612. The van der Waals surface area contributed by atoms with Crippen LogP contribution in [-0.4, -0.2) is 34.2 Å². The number of rotatable bonds is 4.